The van der Waals surface area contributed by atoms with Crippen LogP contribution in [-0.2, 0) is 0 Å². The van der Waals surface area contributed by atoms with Gasteiger partial charge in [0.05, 0.1) is 0 Å². The maximum atomic E-state index is 12.7. The fraction of sp³-hybridized carbons (Fsp3) is 0.250. The van der Waals surface area contributed by atoms with Crippen molar-refractivity contribution in [3.8, 4) is 0 Å². The lowest BCUT2D eigenvalue weighted by Gasteiger charge is -2.23. The fourth-order valence-electron chi connectivity index (χ4n) is 0.778. The second kappa shape index (κ2) is 3.07. The van der Waals surface area contributed by atoms with Gasteiger partial charge in [0, 0.05) is 4.90 Å². The van der Waals surface area contributed by atoms with Crippen LogP contribution in [0.2, 0.25) is 0 Å². The summed E-state index contributed by atoms with van der Waals surface area (Å²) in [5.74, 6) is -0.183. The van der Waals surface area contributed by atoms with Gasteiger partial charge in [-0.05, 0) is 30.7 Å². The van der Waals surface area contributed by atoms with E-state index in [0.717, 1.165) is 4.90 Å². The third kappa shape index (κ3) is 2.42. The van der Waals surface area contributed by atoms with E-state index in [1.165, 1.54) is 6.07 Å². The Morgan fingerprint density at radius 3 is 2.36 bits per heavy atom. The average molecular weight is 190 g/mol. The molecule has 0 nitrogen and oxygen atoms in total. The molecule has 1 aromatic carbocycles. The highest BCUT2D eigenvalue weighted by molar-refractivity contribution is 8.87. The van der Waals surface area contributed by atoms with E-state index < -0.39 is 9.06 Å². The molecule has 3 heteroatoms. The van der Waals surface area contributed by atoms with Gasteiger partial charge in [-0.3, -0.25) is 0 Å². The van der Waals surface area contributed by atoms with Gasteiger partial charge in [-0.15, -0.1) is 11.7 Å². The Kier molecular flexibility index (Phi) is 2.50. The zero-order valence-electron chi connectivity index (χ0n) is 6.54. The molecule has 0 radical (unpaired) electrons. The van der Waals surface area contributed by atoms with Crippen molar-refractivity contribution >= 4 is 20.7 Å². The van der Waals surface area contributed by atoms with Crippen LogP contribution in [-0.4, -0.2) is 12.5 Å². The number of rotatable bonds is 1. The molecule has 62 valence electrons. The van der Waals surface area contributed by atoms with Crippen LogP contribution in [0.5, 0.6) is 0 Å². The SMILES string of the molecule is CS(C)(S)c1cccc(F)c1. The van der Waals surface area contributed by atoms with Crippen molar-refractivity contribution < 1.29 is 4.39 Å². The van der Waals surface area contributed by atoms with Gasteiger partial charge in [0.25, 0.3) is 0 Å². The minimum atomic E-state index is -1.07. The van der Waals surface area contributed by atoms with Crippen molar-refractivity contribution in [2.75, 3.05) is 12.5 Å². The predicted octanol–water partition coefficient (Wildman–Crippen LogP) is 3.09. The first-order valence-electron chi connectivity index (χ1n) is 3.21. The Hall–Kier alpha value is -0.150. The summed E-state index contributed by atoms with van der Waals surface area (Å²) in [5.41, 5.74) is 0. The Morgan fingerprint density at radius 2 is 2.00 bits per heavy atom. The van der Waals surface area contributed by atoms with Crippen LogP contribution in [0.4, 0.5) is 4.39 Å². The summed E-state index contributed by atoms with van der Waals surface area (Å²) < 4.78 is 12.7. The van der Waals surface area contributed by atoms with E-state index >= 15 is 0 Å². The molecule has 0 saturated carbocycles. The van der Waals surface area contributed by atoms with E-state index in [-0.39, 0.29) is 5.82 Å². The van der Waals surface area contributed by atoms with E-state index in [4.69, 9.17) is 0 Å². The third-order valence-electron chi connectivity index (χ3n) is 1.37. The highest BCUT2D eigenvalue weighted by atomic mass is 33.1. The molecule has 0 bridgehead atoms. The minimum absolute atomic E-state index is 0.183. The van der Waals surface area contributed by atoms with Crippen LogP contribution in [0, 0.1) is 5.82 Å². The summed E-state index contributed by atoms with van der Waals surface area (Å²) in [6.07, 6.45) is 4.04. The first kappa shape index (κ1) is 8.94. The normalized spacial score (nSPS) is 13.1. The van der Waals surface area contributed by atoms with E-state index in [1.54, 1.807) is 12.1 Å². The van der Waals surface area contributed by atoms with Crippen LogP contribution >= 0.6 is 20.7 Å². The summed E-state index contributed by atoms with van der Waals surface area (Å²) in [6.45, 7) is 0. The van der Waals surface area contributed by atoms with E-state index in [2.05, 4.69) is 11.7 Å². The molecular formula is C8H11FS2. The molecule has 0 saturated heterocycles. The first-order valence-corrected chi connectivity index (χ1v) is 6.72. The maximum absolute atomic E-state index is 12.7. The Bertz CT molecular complexity index is 253. The van der Waals surface area contributed by atoms with Gasteiger partial charge in [-0.2, -0.15) is 9.06 Å². The molecule has 0 spiro atoms. The van der Waals surface area contributed by atoms with Gasteiger partial charge < -0.3 is 0 Å². The molecule has 1 rings (SSSR count). The second-order valence-corrected chi connectivity index (χ2v) is 8.49. The van der Waals surface area contributed by atoms with Crippen LogP contribution in [0.25, 0.3) is 0 Å². The van der Waals surface area contributed by atoms with Crippen molar-refractivity contribution in [1.29, 1.82) is 0 Å². The average Bonchev–Trinajstić information content (AvgIpc) is 1.86. The largest absolute Gasteiger partial charge is 0.207 e. The lowest BCUT2D eigenvalue weighted by molar-refractivity contribution is 0.624. The van der Waals surface area contributed by atoms with Crippen molar-refractivity contribution in [3.63, 3.8) is 0 Å². The Morgan fingerprint density at radius 1 is 1.36 bits per heavy atom. The number of hydrogen-bond donors (Lipinski definition) is 1. The maximum Gasteiger partial charge on any atom is 0.124 e. The Labute approximate surface area is 72.9 Å². The fourth-order valence-corrected chi connectivity index (χ4v) is 1.93. The van der Waals surface area contributed by atoms with Crippen molar-refractivity contribution in [2.45, 2.75) is 4.90 Å². The standard InChI is InChI=1S/C8H11FS2/c1-11(2,10)8-5-3-4-7(9)6-8/h3-6,10H,1-2H3. The van der Waals surface area contributed by atoms with Crippen molar-refractivity contribution in [1.82, 2.24) is 0 Å². The van der Waals surface area contributed by atoms with Gasteiger partial charge in [-0.25, -0.2) is 4.39 Å². The number of thiol groups is 1. The van der Waals surface area contributed by atoms with Gasteiger partial charge >= 0.3 is 0 Å². The highest BCUT2D eigenvalue weighted by Crippen LogP contribution is 2.53. The lowest BCUT2D eigenvalue weighted by Crippen LogP contribution is -1.87. The summed E-state index contributed by atoms with van der Waals surface area (Å²) in [7, 11) is -1.07. The number of hydrogen-bond acceptors (Lipinski definition) is 1. The third-order valence-corrected chi connectivity index (χ3v) is 3.41. The van der Waals surface area contributed by atoms with E-state index in [0.29, 0.717) is 0 Å². The van der Waals surface area contributed by atoms with E-state index in [1.807, 2.05) is 18.6 Å². The zero-order valence-corrected chi connectivity index (χ0v) is 8.25. The molecule has 1 aromatic rings. The summed E-state index contributed by atoms with van der Waals surface area (Å²) in [6, 6.07) is 6.62. The van der Waals surface area contributed by atoms with Crippen LogP contribution in [0.1, 0.15) is 0 Å². The summed E-state index contributed by atoms with van der Waals surface area (Å²) in [5, 5.41) is 0. The number of benzene rings is 1. The molecule has 0 aromatic heterocycles. The minimum Gasteiger partial charge on any atom is -0.207 e. The Balaban J connectivity index is 3.06. The molecule has 11 heavy (non-hydrogen) atoms. The van der Waals surface area contributed by atoms with Gasteiger partial charge in [0.1, 0.15) is 5.82 Å². The van der Waals surface area contributed by atoms with Crippen LogP contribution < -0.4 is 0 Å². The number of halogens is 1. The molecule has 0 aliphatic heterocycles. The van der Waals surface area contributed by atoms with Crippen molar-refractivity contribution in [3.05, 3.63) is 30.1 Å². The highest BCUT2D eigenvalue weighted by Gasteiger charge is 2.08. The molecule has 0 heterocycles. The molecular weight excluding hydrogens is 179 g/mol. The van der Waals surface area contributed by atoms with Gasteiger partial charge in [-0.1, -0.05) is 6.07 Å². The molecule has 0 aliphatic rings. The lowest BCUT2D eigenvalue weighted by atomic mass is 10.4. The topological polar surface area (TPSA) is 0 Å². The molecule has 0 unspecified atom stereocenters. The summed E-state index contributed by atoms with van der Waals surface area (Å²) >= 11 is 4.41. The van der Waals surface area contributed by atoms with Crippen LogP contribution in [0.3, 0.4) is 0 Å². The van der Waals surface area contributed by atoms with Crippen molar-refractivity contribution in [2.24, 2.45) is 0 Å². The van der Waals surface area contributed by atoms with Gasteiger partial charge in [0.15, 0.2) is 0 Å². The van der Waals surface area contributed by atoms with Crippen LogP contribution in [0.15, 0.2) is 29.2 Å². The molecule has 0 amide bonds. The summed E-state index contributed by atoms with van der Waals surface area (Å²) in [4.78, 5) is 0.987. The van der Waals surface area contributed by atoms with Gasteiger partial charge in [0.2, 0.25) is 0 Å². The molecule has 0 aliphatic carbocycles. The molecule has 0 fully saturated rings. The predicted molar refractivity (Wildman–Crippen MR) is 53.1 cm³/mol. The first-order chi connectivity index (χ1) is 5.00. The quantitative estimate of drug-likeness (QED) is 0.510. The second-order valence-electron chi connectivity index (χ2n) is 2.73. The van der Waals surface area contributed by atoms with E-state index in [9.17, 15) is 4.39 Å². The molecule has 0 atom stereocenters. The molecule has 0 N–H and O–H groups in total. The zero-order chi connectivity index (χ0) is 8.48. The monoisotopic (exact) mass is 190 g/mol. The smallest absolute Gasteiger partial charge is 0.124 e.